The molecule has 1 aliphatic rings. The highest BCUT2D eigenvalue weighted by atomic mass is 19.1. The Labute approximate surface area is 111 Å². The normalized spacial score (nSPS) is 16.4. The predicted octanol–water partition coefficient (Wildman–Crippen LogP) is 1.78. The first-order chi connectivity index (χ1) is 9.10. The molecule has 0 spiro atoms. The van der Waals surface area contributed by atoms with Gasteiger partial charge in [0.25, 0.3) is 0 Å². The maximum atomic E-state index is 13.7. The average Bonchev–Trinajstić information content (AvgIpc) is 2.41. The van der Waals surface area contributed by atoms with Crippen LogP contribution < -0.4 is 0 Å². The number of ether oxygens (including phenoxy) is 1. The molecule has 0 amide bonds. The van der Waals surface area contributed by atoms with Gasteiger partial charge in [0.1, 0.15) is 11.6 Å². The molecule has 2 rings (SSSR count). The van der Waals surface area contributed by atoms with Crippen LogP contribution >= 0.6 is 0 Å². The zero-order valence-electron chi connectivity index (χ0n) is 10.8. The Morgan fingerprint density at radius 2 is 2.05 bits per heavy atom. The molecule has 1 fully saturated rings. The predicted molar refractivity (Wildman–Crippen MR) is 67.3 cm³/mol. The summed E-state index contributed by atoms with van der Waals surface area (Å²) in [6, 6.07) is 4.50. The second kappa shape index (κ2) is 5.93. The molecule has 0 bridgehead atoms. The first-order valence-electron chi connectivity index (χ1n) is 6.21. The zero-order chi connectivity index (χ0) is 13.8. The quantitative estimate of drug-likeness (QED) is 0.782. The Hall–Kier alpha value is -1.75. The fraction of sp³-hybridized carbons (Fsp3) is 0.429. The Morgan fingerprint density at radius 3 is 2.63 bits per heavy atom. The van der Waals surface area contributed by atoms with Gasteiger partial charge in [0.2, 0.25) is 0 Å². The lowest BCUT2D eigenvalue weighted by Gasteiger charge is -2.25. The van der Waals surface area contributed by atoms with Crippen molar-refractivity contribution in [3.8, 4) is 0 Å². The maximum absolute atomic E-state index is 13.7. The molecule has 1 heterocycles. The average molecular weight is 265 g/mol. The van der Waals surface area contributed by atoms with Crippen LogP contribution in [0.25, 0.3) is 0 Å². The minimum Gasteiger partial charge on any atom is -0.465 e. The number of carbonyl (C=O) groups is 2. The van der Waals surface area contributed by atoms with Crippen LogP contribution in [0.5, 0.6) is 0 Å². The molecule has 0 saturated carbocycles. The Bertz CT molecular complexity index is 491. The van der Waals surface area contributed by atoms with Gasteiger partial charge in [0.05, 0.1) is 12.7 Å². The van der Waals surface area contributed by atoms with Gasteiger partial charge in [-0.15, -0.1) is 0 Å². The van der Waals surface area contributed by atoms with E-state index in [1.54, 1.807) is 6.07 Å². The number of esters is 1. The largest absolute Gasteiger partial charge is 0.465 e. The number of ketones is 1. The second-order valence-corrected chi connectivity index (χ2v) is 4.62. The minimum absolute atomic E-state index is 0.0555. The molecule has 102 valence electrons. The Morgan fingerprint density at radius 1 is 1.37 bits per heavy atom. The van der Waals surface area contributed by atoms with Crippen LogP contribution in [0.15, 0.2) is 18.2 Å². The number of carbonyl (C=O) groups excluding carboxylic acids is 2. The summed E-state index contributed by atoms with van der Waals surface area (Å²) in [5.74, 6) is -0.964. The van der Waals surface area contributed by atoms with Gasteiger partial charge < -0.3 is 4.74 Å². The van der Waals surface area contributed by atoms with Crippen molar-refractivity contribution >= 4 is 11.8 Å². The molecule has 0 aromatic heterocycles. The molecule has 1 aromatic rings. The SMILES string of the molecule is COC(=O)c1ccc(CN2CCC(=O)CC2)cc1F. The highest BCUT2D eigenvalue weighted by Crippen LogP contribution is 2.15. The second-order valence-electron chi connectivity index (χ2n) is 4.62. The summed E-state index contributed by atoms with van der Waals surface area (Å²) >= 11 is 0. The van der Waals surface area contributed by atoms with E-state index in [2.05, 4.69) is 9.64 Å². The van der Waals surface area contributed by atoms with E-state index in [0.29, 0.717) is 32.5 Å². The van der Waals surface area contributed by atoms with Gasteiger partial charge in [-0.05, 0) is 17.7 Å². The van der Waals surface area contributed by atoms with E-state index in [9.17, 15) is 14.0 Å². The summed E-state index contributed by atoms with van der Waals surface area (Å²) in [5, 5.41) is 0. The first kappa shape index (κ1) is 13.7. The van der Waals surface area contributed by atoms with Crippen molar-refractivity contribution in [2.24, 2.45) is 0 Å². The van der Waals surface area contributed by atoms with Crippen LogP contribution in [-0.2, 0) is 16.1 Å². The number of likely N-dealkylation sites (tertiary alicyclic amines) is 1. The Balaban J connectivity index is 2.04. The lowest BCUT2D eigenvalue weighted by atomic mass is 10.1. The van der Waals surface area contributed by atoms with E-state index in [0.717, 1.165) is 5.56 Å². The summed E-state index contributed by atoms with van der Waals surface area (Å²) in [6.07, 6.45) is 1.12. The third-order valence-electron chi connectivity index (χ3n) is 3.26. The van der Waals surface area contributed by atoms with Crippen LogP contribution in [0.1, 0.15) is 28.8 Å². The lowest BCUT2D eigenvalue weighted by Crippen LogP contribution is -2.33. The molecule has 0 atom stereocenters. The fourth-order valence-electron chi connectivity index (χ4n) is 2.15. The number of nitrogens with zero attached hydrogens (tertiary/aromatic N) is 1. The van der Waals surface area contributed by atoms with Crippen molar-refractivity contribution in [1.29, 1.82) is 0 Å². The molecule has 5 heteroatoms. The molecule has 0 N–H and O–H groups in total. The van der Waals surface area contributed by atoms with Crippen molar-refractivity contribution in [3.63, 3.8) is 0 Å². The zero-order valence-corrected chi connectivity index (χ0v) is 10.8. The molecule has 4 nitrogen and oxygen atoms in total. The molecule has 0 unspecified atom stereocenters. The van der Waals surface area contributed by atoms with E-state index in [1.165, 1.54) is 19.2 Å². The summed E-state index contributed by atoms with van der Waals surface area (Å²) in [7, 11) is 1.22. The van der Waals surface area contributed by atoms with E-state index in [-0.39, 0.29) is 11.3 Å². The molecule has 0 radical (unpaired) electrons. The number of hydrogen-bond donors (Lipinski definition) is 0. The van der Waals surface area contributed by atoms with Gasteiger partial charge in [-0.1, -0.05) is 6.07 Å². The van der Waals surface area contributed by atoms with E-state index >= 15 is 0 Å². The highest BCUT2D eigenvalue weighted by Gasteiger charge is 2.17. The molecular formula is C14H16FNO3. The summed E-state index contributed by atoms with van der Waals surface area (Å²) < 4.78 is 18.2. The van der Waals surface area contributed by atoms with E-state index in [1.807, 2.05) is 0 Å². The van der Waals surface area contributed by atoms with Gasteiger partial charge in [-0.2, -0.15) is 0 Å². The van der Waals surface area contributed by atoms with Gasteiger partial charge >= 0.3 is 5.97 Å². The van der Waals surface area contributed by atoms with Crippen LogP contribution in [-0.4, -0.2) is 36.9 Å². The van der Waals surface area contributed by atoms with Crippen LogP contribution in [0, 0.1) is 5.82 Å². The van der Waals surface area contributed by atoms with Crippen molar-refractivity contribution in [2.75, 3.05) is 20.2 Å². The van der Waals surface area contributed by atoms with E-state index in [4.69, 9.17) is 0 Å². The van der Waals surface area contributed by atoms with Gasteiger partial charge in [-0.25, -0.2) is 9.18 Å². The number of piperidine rings is 1. The molecule has 1 aromatic carbocycles. The minimum atomic E-state index is -0.674. The fourth-order valence-corrected chi connectivity index (χ4v) is 2.15. The number of hydrogen-bond acceptors (Lipinski definition) is 4. The molecule has 1 aliphatic heterocycles. The third kappa shape index (κ3) is 3.38. The Kier molecular flexibility index (Phi) is 4.27. The number of benzene rings is 1. The molecule has 1 saturated heterocycles. The van der Waals surface area contributed by atoms with Crippen molar-refractivity contribution in [2.45, 2.75) is 19.4 Å². The molecule has 19 heavy (non-hydrogen) atoms. The third-order valence-corrected chi connectivity index (χ3v) is 3.26. The number of halogens is 1. The van der Waals surface area contributed by atoms with Gasteiger partial charge in [0, 0.05) is 32.5 Å². The standard InChI is InChI=1S/C14H16FNO3/c1-19-14(18)12-3-2-10(8-13(12)15)9-16-6-4-11(17)5-7-16/h2-3,8H,4-7,9H2,1H3. The first-order valence-corrected chi connectivity index (χ1v) is 6.21. The van der Waals surface area contributed by atoms with Crippen LogP contribution in [0.4, 0.5) is 4.39 Å². The van der Waals surface area contributed by atoms with Crippen LogP contribution in [0.3, 0.4) is 0 Å². The molecular weight excluding hydrogens is 249 g/mol. The maximum Gasteiger partial charge on any atom is 0.340 e. The topological polar surface area (TPSA) is 46.6 Å². The molecule has 0 aliphatic carbocycles. The van der Waals surface area contributed by atoms with Crippen molar-refractivity contribution in [1.82, 2.24) is 4.90 Å². The summed E-state index contributed by atoms with van der Waals surface area (Å²) in [6.45, 7) is 2.00. The number of rotatable bonds is 3. The number of Topliss-reactive ketones (excluding diaryl/α,β-unsaturated/α-hetero) is 1. The van der Waals surface area contributed by atoms with Crippen LogP contribution in [0.2, 0.25) is 0 Å². The summed E-state index contributed by atoms with van der Waals surface area (Å²) in [4.78, 5) is 24.5. The van der Waals surface area contributed by atoms with E-state index < -0.39 is 11.8 Å². The van der Waals surface area contributed by atoms with Crippen molar-refractivity contribution < 1.29 is 18.7 Å². The lowest BCUT2D eigenvalue weighted by molar-refractivity contribution is -0.121. The highest BCUT2D eigenvalue weighted by molar-refractivity contribution is 5.89. The van der Waals surface area contributed by atoms with Crippen molar-refractivity contribution in [3.05, 3.63) is 35.1 Å². The smallest absolute Gasteiger partial charge is 0.340 e. The van der Waals surface area contributed by atoms with Gasteiger partial charge in [0.15, 0.2) is 0 Å². The number of methoxy groups -OCH3 is 1. The van der Waals surface area contributed by atoms with Gasteiger partial charge in [-0.3, -0.25) is 9.69 Å². The summed E-state index contributed by atoms with van der Waals surface area (Å²) in [5.41, 5.74) is 0.736. The monoisotopic (exact) mass is 265 g/mol.